The SMILES string of the molecule is COc1ccc2ccc(OC)c(C(=O)c3c(C)cc(C)cc3C)c2c1C(=O)c1c(C)cc(C)cc1C. The van der Waals surface area contributed by atoms with E-state index in [0.29, 0.717) is 39.1 Å². The van der Waals surface area contributed by atoms with E-state index in [9.17, 15) is 9.59 Å². The van der Waals surface area contributed by atoms with E-state index in [1.54, 1.807) is 26.4 Å². The number of hydrogen-bond acceptors (Lipinski definition) is 4. The molecule has 4 aromatic carbocycles. The van der Waals surface area contributed by atoms with Gasteiger partial charge in [0.25, 0.3) is 0 Å². The van der Waals surface area contributed by atoms with Crippen LogP contribution in [-0.4, -0.2) is 25.8 Å². The molecule has 0 spiro atoms. The highest BCUT2D eigenvalue weighted by atomic mass is 16.5. The number of carbonyl (C=O) groups is 2. The number of fused-ring (bicyclic) bond motifs is 1. The van der Waals surface area contributed by atoms with E-state index in [2.05, 4.69) is 0 Å². The van der Waals surface area contributed by atoms with Gasteiger partial charge in [-0.3, -0.25) is 9.59 Å². The van der Waals surface area contributed by atoms with Crippen LogP contribution < -0.4 is 9.47 Å². The summed E-state index contributed by atoms with van der Waals surface area (Å²) in [4.78, 5) is 28.5. The van der Waals surface area contributed by atoms with Crippen molar-refractivity contribution in [2.75, 3.05) is 14.2 Å². The fourth-order valence-corrected chi connectivity index (χ4v) is 5.50. The fraction of sp³-hybridized carbons (Fsp3) is 0.250. The van der Waals surface area contributed by atoms with Crippen LogP contribution in [0.15, 0.2) is 48.5 Å². The average Bonchev–Trinajstić information content (AvgIpc) is 2.80. The van der Waals surface area contributed by atoms with Gasteiger partial charge in [0.2, 0.25) is 0 Å². The molecule has 0 amide bonds. The smallest absolute Gasteiger partial charge is 0.197 e. The molecule has 0 aliphatic heterocycles. The summed E-state index contributed by atoms with van der Waals surface area (Å²) < 4.78 is 11.4. The van der Waals surface area contributed by atoms with Crippen molar-refractivity contribution in [3.8, 4) is 11.5 Å². The third-order valence-corrected chi connectivity index (χ3v) is 6.81. The van der Waals surface area contributed by atoms with E-state index in [1.165, 1.54) is 0 Å². The van der Waals surface area contributed by atoms with E-state index >= 15 is 0 Å². The molecule has 0 heterocycles. The second-order valence-electron chi connectivity index (χ2n) is 9.59. The minimum atomic E-state index is -0.174. The highest BCUT2D eigenvalue weighted by molar-refractivity contribution is 6.27. The predicted octanol–water partition coefficient (Wildman–Crippen LogP) is 7.17. The highest BCUT2D eigenvalue weighted by Gasteiger charge is 2.28. The molecule has 0 saturated carbocycles. The molecular formula is C32H32O4. The van der Waals surface area contributed by atoms with Crippen LogP contribution in [0.4, 0.5) is 0 Å². The molecule has 4 rings (SSSR count). The Kier molecular flexibility index (Phi) is 6.73. The fourth-order valence-electron chi connectivity index (χ4n) is 5.50. The van der Waals surface area contributed by atoms with Crippen molar-refractivity contribution < 1.29 is 19.1 Å². The molecule has 184 valence electrons. The molecule has 0 atom stereocenters. The lowest BCUT2D eigenvalue weighted by atomic mass is 9.85. The molecular weight excluding hydrogens is 448 g/mol. The zero-order chi connectivity index (χ0) is 26.3. The van der Waals surface area contributed by atoms with Gasteiger partial charge in [-0.25, -0.2) is 0 Å². The summed E-state index contributed by atoms with van der Waals surface area (Å²) in [6, 6.07) is 15.4. The number of rotatable bonds is 6. The summed E-state index contributed by atoms with van der Waals surface area (Å²) in [6.07, 6.45) is 0. The van der Waals surface area contributed by atoms with Gasteiger partial charge in [0.05, 0.1) is 25.3 Å². The summed E-state index contributed by atoms with van der Waals surface area (Å²) in [6.45, 7) is 11.8. The van der Waals surface area contributed by atoms with Crippen LogP contribution in [0.2, 0.25) is 0 Å². The second-order valence-corrected chi connectivity index (χ2v) is 9.59. The van der Waals surface area contributed by atoms with Crippen molar-refractivity contribution in [2.45, 2.75) is 41.5 Å². The van der Waals surface area contributed by atoms with E-state index in [0.717, 1.165) is 38.8 Å². The molecule has 0 N–H and O–H groups in total. The minimum Gasteiger partial charge on any atom is -0.496 e. The third kappa shape index (κ3) is 4.17. The normalized spacial score (nSPS) is 11.0. The zero-order valence-electron chi connectivity index (χ0n) is 22.3. The van der Waals surface area contributed by atoms with Crippen molar-refractivity contribution in [3.63, 3.8) is 0 Å². The van der Waals surface area contributed by atoms with Crippen molar-refractivity contribution in [3.05, 3.63) is 104 Å². The molecule has 0 unspecified atom stereocenters. The van der Waals surface area contributed by atoms with Gasteiger partial charge in [-0.05, 0) is 81.3 Å². The molecule has 0 aromatic heterocycles. The number of benzene rings is 4. The van der Waals surface area contributed by atoms with Crippen molar-refractivity contribution in [1.82, 2.24) is 0 Å². The average molecular weight is 481 g/mol. The van der Waals surface area contributed by atoms with E-state index < -0.39 is 0 Å². The first kappa shape index (κ1) is 25.2. The van der Waals surface area contributed by atoms with Gasteiger partial charge in [0, 0.05) is 16.5 Å². The number of ether oxygens (including phenoxy) is 2. The number of ketones is 2. The van der Waals surface area contributed by atoms with E-state index in [-0.39, 0.29) is 11.6 Å². The molecule has 4 heteroatoms. The molecule has 0 saturated heterocycles. The number of hydrogen-bond donors (Lipinski definition) is 0. The van der Waals surface area contributed by atoms with Gasteiger partial charge >= 0.3 is 0 Å². The predicted molar refractivity (Wildman–Crippen MR) is 145 cm³/mol. The molecule has 0 aliphatic carbocycles. The van der Waals surface area contributed by atoms with E-state index in [4.69, 9.17) is 9.47 Å². The maximum atomic E-state index is 14.3. The summed E-state index contributed by atoms with van der Waals surface area (Å²) in [5.41, 5.74) is 7.71. The lowest BCUT2D eigenvalue weighted by Gasteiger charge is -2.19. The van der Waals surface area contributed by atoms with Crippen LogP contribution in [0.3, 0.4) is 0 Å². The van der Waals surface area contributed by atoms with Crippen LogP contribution in [-0.2, 0) is 0 Å². The molecule has 4 aromatic rings. The van der Waals surface area contributed by atoms with Crippen molar-refractivity contribution in [1.29, 1.82) is 0 Å². The maximum Gasteiger partial charge on any atom is 0.197 e. The second kappa shape index (κ2) is 9.62. The quantitative estimate of drug-likeness (QED) is 0.275. The molecule has 0 radical (unpaired) electrons. The Morgan fingerprint density at radius 1 is 0.528 bits per heavy atom. The minimum absolute atomic E-state index is 0.174. The van der Waals surface area contributed by atoms with Gasteiger partial charge in [-0.2, -0.15) is 0 Å². The van der Waals surface area contributed by atoms with Crippen LogP contribution in [0.25, 0.3) is 10.8 Å². The molecule has 0 aliphatic rings. The lowest BCUT2D eigenvalue weighted by Crippen LogP contribution is -2.14. The van der Waals surface area contributed by atoms with Gasteiger partial charge in [0.1, 0.15) is 11.5 Å². The Balaban J connectivity index is 2.13. The van der Waals surface area contributed by atoms with Gasteiger partial charge < -0.3 is 9.47 Å². The molecule has 0 bridgehead atoms. The van der Waals surface area contributed by atoms with Gasteiger partial charge in [0.15, 0.2) is 11.6 Å². The Morgan fingerprint density at radius 2 is 0.861 bits per heavy atom. The van der Waals surface area contributed by atoms with Crippen molar-refractivity contribution in [2.24, 2.45) is 0 Å². The van der Waals surface area contributed by atoms with E-state index in [1.807, 2.05) is 77.9 Å². The van der Waals surface area contributed by atoms with Crippen LogP contribution in [0.1, 0.15) is 65.2 Å². The topological polar surface area (TPSA) is 52.6 Å². The Hall–Kier alpha value is -3.92. The highest BCUT2D eigenvalue weighted by Crippen LogP contribution is 2.39. The maximum absolute atomic E-state index is 14.3. The van der Waals surface area contributed by atoms with Crippen LogP contribution in [0.5, 0.6) is 11.5 Å². The first-order valence-corrected chi connectivity index (χ1v) is 12.0. The lowest BCUT2D eigenvalue weighted by molar-refractivity contribution is 0.103. The number of carbonyl (C=O) groups excluding carboxylic acids is 2. The Morgan fingerprint density at radius 3 is 1.17 bits per heavy atom. The third-order valence-electron chi connectivity index (χ3n) is 6.81. The summed E-state index contributed by atoms with van der Waals surface area (Å²) >= 11 is 0. The Labute approximate surface area is 212 Å². The first-order chi connectivity index (χ1) is 17.1. The van der Waals surface area contributed by atoms with Crippen molar-refractivity contribution >= 4 is 22.3 Å². The molecule has 36 heavy (non-hydrogen) atoms. The van der Waals surface area contributed by atoms with Crippen LogP contribution in [0, 0.1) is 41.5 Å². The largest absolute Gasteiger partial charge is 0.496 e. The standard InChI is InChI=1S/C32H32O4/c1-17-13-19(3)26(20(4)14-17)31(33)29-24(35-7)11-9-23-10-12-25(36-8)30(28(23)29)32(34)27-21(5)15-18(2)16-22(27)6/h9-16H,1-8H3. The molecule has 4 nitrogen and oxygen atoms in total. The van der Waals surface area contributed by atoms with Crippen LogP contribution >= 0.6 is 0 Å². The van der Waals surface area contributed by atoms with Gasteiger partial charge in [-0.15, -0.1) is 0 Å². The molecule has 0 fully saturated rings. The number of methoxy groups -OCH3 is 2. The summed E-state index contributed by atoms with van der Waals surface area (Å²) in [5, 5.41) is 1.32. The zero-order valence-corrected chi connectivity index (χ0v) is 22.3. The summed E-state index contributed by atoms with van der Waals surface area (Å²) in [5.74, 6) is 0.497. The summed E-state index contributed by atoms with van der Waals surface area (Å²) in [7, 11) is 3.09. The van der Waals surface area contributed by atoms with Gasteiger partial charge in [-0.1, -0.05) is 47.5 Å². The number of aryl methyl sites for hydroxylation is 6. The Bertz CT molecular complexity index is 1380. The monoisotopic (exact) mass is 480 g/mol. The first-order valence-electron chi connectivity index (χ1n) is 12.0.